The van der Waals surface area contributed by atoms with Crippen molar-refractivity contribution in [1.82, 2.24) is 4.98 Å². The van der Waals surface area contributed by atoms with Crippen LogP contribution < -0.4 is 4.74 Å². The molecule has 1 rings (SSSR count). The molecular formula is C9H7ClF2N2O. The molecule has 0 atom stereocenters. The highest BCUT2D eigenvalue weighted by Gasteiger charge is 2.20. The van der Waals surface area contributed by atoms with Crippen LogP contribution in [0.15, 0.2) is 6.20 Å². The van der Waals surface area contributed by atoms with E-state index < -0.39 is 6.43 Å². The van der Waals surface area contributed by atoms with Crippen LogP contribution in [0.3, 0.4) is 0 Å². The molecule has 1 aromatic heterocycles. The Balaban J connectivity index is 3.36. The molecular weight excluding hydrogens is 226 g/mol. The molecule has 0 aliphatic carbocycles. The standard InChI is InChI=1S/C9H7ClF2N2O/c1-15-7-5(2-3-13)6(9(11)12)4-14-8(7)10/h4,9H,2H2,1H3. The minimum atomic E-state index is -2.70. The van der Waals surface area contributed by atoms with Crippen LogP contribution in [0.5, 0.6) is 5.75 Å². The maximum Gasteiger partial charge on any atom is 0.265 e. The number of nitriles is 1. The number of hydrogen-bond donors (Lipinski definition) is 0. The number of rotatable bonds is 3. The summed E-state index contributed by atoms with van der Waals surface area (Å²) in [6.45, 7) is 0. The molecule has 6 heteroatoms. The van der Waals surface area contributed by atoms with Gasteiger partial charge < -0.3 is 4.74 Å². The normalized spacial score (nSPS) is 10.1. The molecule has 0 N–H and O–H groups in total. The lowest BCUT2D eigenvalue weighted by Crippen LogP contribution is -2.01. The first kappa shape index (κ1) is 11.7. The lowest BCUT2D eigenvalue weighted by molar-refractivity contribution is 0.149. The number of nitrogens with zero attached hydrogens (tertiary/aromatic N) is 2. The average Bonchev–Trinajstić information content (AvgIpc) is 2.18. The van der Waals surface area contributed by atoms with Crippen LogP contribution in [0, 0.1) is 11.3 Å². The van der Waals surface area contributed by atoms with Crippen LogP contribution in [0.1, 0.15) is 17.6 Å². The Kier molecular flexibility index (Phi) is 3.81. The zero-order valence-electron chi connectivity index (χ0n) is 7.80. The zero-order valence-corrected chi connectivity index (χ0v) is 8.55. The summed E-state index contributed by atoms with van der Waals surface area (Å²) >= 11 is 5.65. The Hall–Kier alpha value is -1.41. The number of pyridine rings is 1. The number of alkyl halides is 2. The highest BCUT2D eigenvalue weighted by molar-refractivity contribution is 6.31. The summed E-state index contributed by atoms with van der Waals surface area (Å²) in [5.41, 5.74) is -0.229. The van der Waals surface area contributed by atoms with Gasteiger partial charge in [-0.25, -0.2) is 13.8 Å². The van der Waals surface area contributed by atoms with E-state index in [9.17, 15) is 8.78 Å². The van der Waals surface area contributed by atoms with E-state index in [4.69, 9.17) is 21.6 Å². The minimum Gasteiger partial charge on any atom is -0.493 e. The van der Waals surface area contributed by atoms with E-state index >= 15 is 0 Å². The van der Waals surface area contributed by atoms with Gasteiger partial charge in [-0.1, -0.05) is 11.6 Å². The van der Waals surface area contributed by atoms with Crippen LogP contribution in [-0.4, -0.2) is 12.1 Å². The molecule has 0 saturated heterocycles. The van der Waals surface area contributed by atoms with E-state index in [1.807, 2.05) is 0 Å². The van der Waals surface area contributed by atoms with Crippen molar-refractivity contribution in [2.24, 2.45) is 0 Å². The van der Waals surface area contributed by atoms with Gasteiger partial charge in [0.2, 0.25) is 0 Å². The van der Waals surface area contributed by atoms with Gasteiger partial charge in [-0.3, -0.25) is 0 Å². The Morgan fingerprint density at radius 2 is 2.33 bits per heavy atom. The second-order valence-electron chi connectivity index (χ2n) is 2.65. The van der Waals surface area contributed by atoms with Crippen molar-refractivity contribution >= 4 is 11.6 Å². The van der Waals surface area contributed by atoms with E-state index in [2.05, 4.69) is 4.98 Å². The number of ether oxygens (including phenoxy) is 1. The number of halogens is 3. The monoisotopic (exact) mass is 232 g/mol. The van der Waals surface area contributed by atoms with Crippen molar-refractivity contribution in [1.29, 1.82) is 5.26 Å². The third kappa shape index (κ3) is 2.34. The van der Waals surface area contributed by atoms with Crippen LogP contribution >= 0.6 is 11.6 Å². The molecule has 0 unspecified atom stereocenters. The second-order valence-corrected chi connectivity index (χ2v) is 3.01. The van der Waals surface area contributed by atoms with E-state index in [1.54, 1.807) is 6.07 Å². The summed E-state index contributed by atoms with van der Waals surface area (Å²) in [6, 6.07) is 1.78. The highest BCUT2D eigenvalue weighted by atomic mass is 35.5. The molecule has 0 aromatic carbocycles. The van der Waals surface area contributed by atoms with Gasteiger partial charge in [0, 0.05) is 17.3 Å². The molecule has 80 valence electrons. The predicted octanol–water partition coefficient (Wildman–Crippen LogP) is 2.75. The molecule has 3 nitrogen and oxygen atoms in total. The fourth-order valence-electron chi connectivity index (χ4n) is 1.18. The lowest BCUT2D eigenvalue weighted by atomic mass is 10.1. The van der Waals surface area contributed by atoms with Gasteiger partial charge in [0.15, 0.2) is 10.9 Å². The lowest BCUT2D eigenvalue weighted by Gasteiger charge is -2.11. The van der Waals surface area contributed by atoms with Gasteiger partial charge in [0.05, 0.1) is 19.6 Å². The van der Waals surface area contributed by atoms with Gasteiger partial charge in [0.1, 0.15) is 0 Å². The summed E-state index contributed by atoms with van der Waals surface area (Å²) in [6.07, 6.45) is -1.93. The number of aromatic nitrogens is 1. The van der Waals surface area contributed by atoms with Gasteiger partial charge in [-0.05, 0) is 0 Å². The first-order valence-electron chi connectivity index (χ1n) is 3.98. The van der Waals surface area contributed by atoms with E-state index in [-0.39, 0.29) is 28.5 Å². The smallest absolute Gasteiger partial charge is 0.265 e. The van der Waals surface area contributed by atoms with Crippen molar-refractivity contribution in [3.05, 3.63) is 22.5 Å². The summed E-state index contributed by atoms with van der Waals surface area (Å²) < 4.78 is 29.9. The van der Waals surface area contributed by atoms with Crippen LogP contribution in [0.4, 0.5) is 8.78 Å². The van der Waals surface area contributed by atoms with Crippen molar-refractivity contribution in [3.8, 4) is 11.8 Å². The maximum atomic E-state index is 12.6. The molecule has 0 bridgehead atoms. The predicted molar refractivity (Wildman–Crippen MR) is 50.1 cm³/mol. The van der Waals surface area contributed by atoms with Crippen LogP contribution in [-0.2, 0) is 6.42 Å². The Labute approximate surface area is 90.3 Å². The van der Waals surface area contributed by atoms with Crippen LogP contribution in [0.2, 0.25) is 5.15 Å². The molecule has 15 heavy (non-hydrogen) atoms. The largest absolute Gasteiger partial charge is 0.493 e. The highest BCUT2D eigenvalue weighted by Crippen LogP contribution is 2.33. The summed E-state index contributed by atoms with van der Waals surface area (Å²) in [5, 5.41) is 8.50. The van der Waals surface area contributed by atoms with Gasteiger partial charge in [0.25, 0.3) is 6.43 Å². The molecule has 0 spiro atoms. The summed E-state index contributed by atoms with van der Waals surface area (Å²) in [4.78, 5) is 3.57. The van der Waals surface area contributed by atoms with Gasteiger partial charge >= 0.3 is 0 Å². The molecule has 0 aliphatic heterocycles. The Morgan fingerprint density at radius 3 is 2.80 bits per heavy atom. The number of methoxy groups -OCH3 is 1. The third-order valence-corrected chi connectivity index (χ3v) is 2.09. The van der Waals surface area contributed by atoms with Crippen molar-refractivity contribution in [3.63, 3.8) is 0 Å². The summed E-state index contributed by atoms with van der Waals surface area (Å²) in [7, 11) is 1.29. The molecule has 0 amide bonds. The molecule has 0 aliphatic rings. The molecule has 0 saturated carbocycles. The molecule has 0 radical (unpaired) electrons. The van der Waals surface area contributed by atoms with E-state index in [0.29, 0.717) is 0 Å². The SMILES string of the molecule is COc1c(Cl)ncc(C(F)F)c1CC#N. The van der Waals surface area contributed by atoms with Crippen molar-refractivity contribution < 1.29 is 13.5 Å². The Bertz CT molecular complexity index is 404. The average molecular weight is 233 g/mol. The number of hydrogen-bond acceptors (Lipinski definition) is 3. The van der Waals surface area contributed by atoms with Crippen molar-refractivity contribution in [2.45, 2.75) is 12.8 Å². The van der Waals surface area contributed by atoms with Crippen molar-refractivity contribution in [2.75, 3.05) is 7.11 Å². The fourth-order valence-corrected chi connectivity index (χ4v) is 1.42. The van der Waals surface area contributed by atoms with E-state index in [0.717, 1.165) is 6.20 Å². The fraction of sp³-hybridized carbons (Fsp3) is 0.333. The van der Waals surface area contributed by atoms with Gasteiger partial charge in [-0.2, -0.15) is 5.26 Å². The minimum absolute atomic E-state index is 0.0212. The third-order valence-electron chi connectivity index (χ3n) is 1.82. The topological polar surface area (TPSA) is 45.9 Å². The maximum absolute atomic E-state index is 12.6. The first-order valence-corrected chi connectivity index (χ1v) is 4.36. The Morgan fingerprint density at radius 1 is 1.67 bits per heavy atom. The van der Waals surface area contributed by atoms with Crippen LogP contribution in [0.25, 0.3) is 0 Å². The molecule has 0 fully saturated rings. The first-order chi connectivity index (χ1) is 7.11. The quantitative estimate of drug-likeness (QED) is 0.753. The second kappa shape index (κ2) is 4.89. The zero-order chi connectivity index (χ0) is 11.4. The van der Waals surface area contributed by atoms with E-state index in [1.165, 1.54) is 7.11 Å². The van der Waals surface area contributed by atoms with Gasteiger partial charge in [-0.15, -0.1) is 0 Å². The molecule has 1 aromatic rings. The summed E-state index contributed by atoms with van der Waals surface area (Å²) in [5.74, 6) is 0.0380. The molecule has 1 heterocycles.